The van der Waals surface area contributed by atoms with Gasteiger partial charge < -0.3 is 14.3 Å². The van der Waals surface area contributed by atoms with Gasteiger partial charge in [-0.1, -0.05) is 5.16 Å². The van der Waals surface area contributed by atoms with Crippen molar-refractivity contribution < 1.29 is 13.3 Å². The number of alkyl halides is 2. The average molecular weight is 260 g/mol. The van der Waals surface area contributed by atoms with Gasteiger partial charge in [0, 0.05) is 26.1 Å². The molecule has 0 atom stereocenters. The van der Waals surface area contributed by atoms with Gasteiger partial charge in [-0.15, -0.1) is 0 Å². The minimum absolute atomic E-state index is 0.198. The number of piperidine rings is 1. The molecule has 2 rings (SSSR count). The molecule has 0 bridgehead atoms. The number of rotatable bonds is 3. The lowest BCUT2D eigenvalue weighted by molar-refractivity contribution is 0.00559. The first-order valence-corrected chi connectivity index (χ1v) is 6.01. The van der Waals surface area contributed by atoms with Crippen LogP contribution in [-0.2, 0) is 5.92 Å². The lowest BCUT2D eigenvalue weighted by Crippen LogP contribution is -2.42. The third kappa shape index (κ3) is 2.77. The Hall–Kier alpha value is -1.24. The Morgan fingerprint density at radius 3 is 2.39 bits per heavy atom. The number of hydrogen-bond acceptors (Lipinski definition) is 5. The van der Waals surface area contributed by atoms with Crippen molar-refractivity contribution >= 4 is 6.01 Å². The number of nitrogens with zero attached hydrogens (tertiary/aromatic N) is 4. The zero-order valence-electron chi connectivity index (χ0n) is 10.9. The van der Waals surface area contributed by atoms with Crippen molar-refractivity contribution in [2.24, 2.45) is 0 Å². The molecular formula is C11H18F2N4O. The lowest BCUT2D eigenvalue weighted by Gasteiger charge is -2.33. The Bertz CT molecular complexity index is 394. The molecule has 7 heteroatoms. The van der Waals surface area contributed by atoms with Crippen LogP contribution in [0, 0.1) is 0 Å². The average Bonchev–Trinajstić information content (AvgIpc) is 2.78. The first kappa shape index (κ1) is 13.2. The first-order chi connectivity index (χ1) is 8.38. The summed E-state index contributed by atoms with van der Waals surface area (Å²) in [6, 6.07) is 0.722. The SMILES string of the molecule is CN(C)C1CCN(c2nc(C(C)(F)F)no2)CC1. The fraction of sp³-hybridized carbons (Fsp3) is 0.818. The second-order valence-corrected chi connectivity index (χ2v) is 4.97. The maximum Gasteiger partial charge on any atom is 0.324 e. The molecule has 0 saturated carbocycles. The number of aromatic nitrogens is 2. The predicted molar refractivity (Wildman–Crippen MR) is 62.8 cm³/mol. The van der Waals surface area contributed by atoms with Crippen molar-refractivity contribution in [3.8, 4) is 0 Å². The summed E-state index contributed by atoms with van der Waals surface area (Å²) in [5.74, 6) is -3.60. The van der Waals surface area contributed by atoms with Crippen LogP contribution in [0.1, 0.15) is 25.6 Å². The standard InChI is InChI=1S/C11H18F2N4O/c1-11(12,13)9-14-10(18-15-9)17-6-4-8(5-7-17)16(2)3/h8H,4-7H2,1-3H3. The molecule has 5 nitrogen and oxygen atoms in total. The van der Waals surface area contributed by atoms with Crippen LogP contribution in [0.3, 0.4) is 0 Å². The maximum absolute atomic E-state index is 13.0. The van der Waals surface area contributed by atoms with Crippen molar-refractivity contribution in [1.29, 1.82) is 0 Å². The predicted octanol–water partition coefficient (Wildman–Crippen LogP) is 1.71. The highest BCUT2D eigenvalue weighted by molar-refractivity contribution is 5.26. The molecule has 2 heterocycles. The largest absolute Gasteiger partial charge is 0.324 e. The van der Waals surface area contributed by atoms with Gasteiger partial charge in [0.2, 0.25) is 5.82 Å². The summed E-state index contributed by atoms with van der Waals surface area (Å²) >= 11 is 0. The van der Waals surface area contributed by atoms with Crippen LogP contribution in [0.15, 0.2) is 4.52 Å². The molecule has 1 fully saturated rings. The molecule has 0 aliphatic carbocycles. The third-order valence-electron chi connectivity index (χ3n) is 3.27. The Kier molecular flexibility index (Phi) is 3.52. The zero-order chi connectivity index (χ0) is 13.3. The number of halogens is 2. The first-order valence-electron chi connectivity index (χ1n) is 6.01. The summed E-state index contributed by atoms with van der Waals surface area (Å²) in [6.45, 7) is 2.26. The Labute approximate surface area is 105 Å². The van der Waals surface area contributed by atoms with Crippen molar-refractivity contribution in [3.63, 3.8) is 0 Å². The van der Waals surface area contributed by atoms with Gasteiger partial charge in [-0.05, 0) is 26.9 Å². The second-order valence-electron chi connectivity index (χ2n) is 4.97. The van der Waals surface area contributed by atoms with E-state index >= 15 is 0 Å². The van der Waals surface area contributed by atoms with E-state index in [-0.39, 0.29) is 6.01 Å². The minimum Gasteiger partial charge on any atom is -0.324 e. The van der Waals surface area contributed by atoms with E-state index in [1.165, 1.54) is 0 Å². The molecule has 102 valence electrons. The maximum atomic E-state index is 13.0. The quantitative estimate of drug-likeness (QED) is 0.828. The summed E-state index contributed by atoms with van der Waals surface area (Å²) < 4.78 is 30.9. The molecule has 1 aromatic heterocycles. The van der Waals surface area contributed by atoms with Crippen LogP contribution in [-0.4, -0.2) is 48.3 Å². The van der Waals surface area contributed by atoms with Gasteiger partial charge in [0.1, 0.15) is 0 Å². The van der Waals surface area contributed by atoms with E-state index < -0.39 is 11.7 Å². The topological polar surface area (TPSA) is 45.4 Å². The molecule has 0 aromatic carbocycles. The van der Waals surface area contributed by atoms with Gasteiger partial charge in [-0.25, -0.2) is 0 Å². The van der Waals surface area contributed by atoms with Gasteiger partial charge in [-0.3, -0.25) is 0 Å². The Morgan fingerprint density at radius 1 is 1.33 bits per heavy atom. The highest BCUT2D eigenvalue weighted by Gasteiger charge is 2.33. The molecule has 1 aliphatic rings. The highest BCUT2D eigenvalue weighted by atomic mass is 19.3. The number of anilines is 1. The van der Waals surface area contributed by atoms with Crippen LogP contribution >= 0.6 is 0 Å². The van der Waals surface area contributed by atoms with Crippen LogP contribution in [0.4, 0.5) is 14.8 Å². The third-order valence-corrected chi connectivity index (χ3v) is 3.27. The fourth-order valence-corrected chi connectivity index (χ4v) is 2.10. The van der Waals surface area contributed by atoms with Crippen LogP contribution in [0.25, 0.3) is 0 Å². The Morgan fingerprint density at radius 2 is 1.94 bits per heavy atom. The molecule has 0 amide bonds. The summed E-state index contributed by atoms with van der Waals surface area (Å²) in [7, 11) is 4.09. The molecule has 0 unspecified atom stereocenters. The second kappa shape index (κ2) is 4.79. The van der Waals surface area contributed by atoms with Crippen LogP contribution in [0.5, 0.6) is 0 Å². The molecule has 0 spiro atoms. The van der Waals surface area contributed by atoms with Crippen molar-refractivity contribution in [3.05, 3.63) is 5.82 Å². The summed E-state index contributed by atoms with van der Waals surface area (Å²) in [5.41, 5.74) is 0. The van der Waals surface area contributed by atoms with E-state index in [0.29, 0.717) is 6.04 Å². The summed E-state index contributed by atoms with van der Waals surface area (Å²) in [5, 5.41) is 3.33. The van der Waals surface area contributed by atoms with E-state index in [2.05, 4.69) is 15.0 Å². The highest BCUT2D eigenvalue weighted by Crippen LogP contribution is 2.27. The van der Waals surface area contributed by atoms with Gasteiger partial charge in [-0.2, -0.15) is 13.8 Å². The lowest BCUT2D eigenvalue weighted by atomic mass is 10.0. The summed E-state index contributed by atoms with van der Waals surface area (Å²) in [6.07, 6.45) is 1.93. The van der Waals surface area contributed by atoms with E-state index in [4.69, 9.17) is 4.52 Å². The molecule has 0 N–H and O–H groups in total. The van der Waals surface area contributed by atoms with E-state index in [9.17, 15) is 8.78 Å². The Balaban J connectivity index is 2.00. The van der Waals surface area contributed by atoms with Crippen molar-refractivity contribution in [2.45, 2.75) is 31.7 Å². The molecule has 1 saturated heterocycles. The molecule has 18 heavy (non-hydrogen) atoms. The smallest absolute Gasteiger partial charge is 0.324 e. The van der Waals surface area contributed by atoms with Crippen LogP contribution < -0.4 is 4.90 Å². The molecule has 0 radical (unpaired) electrons. The zero-order valence-corrected chi connectivity index (χ0v) is 10.9. The molecule has 1 aromatic rings. The van der Waals surface area contributed by atoms with E-state index in [0.717, 1.165) is 32.9 Å². The van der Waals surface area contributed by atoms with Gasteiger partial charge in [0.15, 0.2) is 0 Å². The van der Waals surface area contributed by atoms with E-state index in [1.54, 1.807) is 0 Å². The minimum atomic E-state index is -3.05. The number of hydrogen-bond donors (Lipinski definition) is 0. The van der Waals surface area contributed by atoms with Gasteiger partial charge in [0.25, 0.3) is 0 Å². The van der Waals surface area contributed by atoms with E-state index in [1.807, 2.05) is 19.0 Å². The van der Waals surface area contributed by atoms with Crippen molar-refractivity contribution in [2.75, 3.05) is 32.1 Å². The monoisotopic (exact) mass is 260 g/mol. The normalized spacial score (nSPS) is 18.7. The van der Waals surface area contributed by atoms with Crippen molar-refractivity contribution in [1.82, 2.24) is 15.0 Å². The molecular weight excluding hydrogens is 242 g/mol. The summed E-state index contributed by atoms with van der Waals surface area (Å²) in [4.78, 5) is 7.80. The van der Waals surface area contributed by atoms with Gasteiger partial charge >= 0.3 is 11.9 Å². The van der Waals surface area contributed by atoms with Gasteiger partial charge in [0.05, 0.1) is 0 Å². The fourth-order valence-electron chi connectivity index (χ4n) is 2.10. The molecule has 1 aliphatic heterocycles. The van der Waals surface area contributed by atoms with Crippen LogP contribution in [0.2, 0.25) is 0 Å².